The van der Waals surface area contributed by atoms with Crippen molar-refractivity contribution in [2.45, 2.75) is 59.0 Å². The van der Waals surface area contributed by atoms with Crippen LogP contribution in [-0.4, -0.2) is 23.1 Å². The predicted molar refractivity (Wildman–Crippen MR) is 98.8 cm³/mol. The van der Waals surface area contributed by atoms with Gasteiger partial charge in [-0.25, -0.2) is 9.59 Å². The number of carboxylic acid groups (broad SMARTS) is 1. The summed E-state index contributed by atoms with van der Waals surface area (Å²) >= 11 is 0. The fourth-order valence-electron chi connectivity index (χ4n) is 4.40. The summed E-state index contributed by atoms with van der Waals surface area (Å²) in [6.45, 7) is 4.20. The molecule has 2 aliphatic rings. The fraction of sp³-hybridized carbons (Fsp3) is 0.476. The third-order valence-electron chi connectivity index (χ3n) is 5.69. The van der Waals surface area contributed by atoms with E-state index in [0.717, 1.165) is 53.5 Å². The second kappa shape index (κ2) is 7.89. The van der Waals surface area contributed by atoms with Crippen LogP contribution in [0, 0.1) is 12.8 Å². The molecule has 1 unspecified atom stereocenters. The Labute approximate surface area is 157 Å². The molecule has 1 heterocycles. The Balaban J connectivity index is 2.07. The molecule has 1 N–H and O–H groups in total. The lowest BCUT2D eigenvalue weighted by Crippen LogP contribution is -2.07. The third-order valence-corrected chi connectivity index (χ3v) is 5.69. The number of fused-ring (bicyclic) bond motifs is 1. The second-order valence-corrected chi connectivity index (χ2v) is 7.09. The molecule has 27 heavy (non-hydrogen) atoms. The highest BCUT2D eigenvalue weighted by Crippen LogP contribution is 2.40. The number of carbonyl (C=O) groups is 2. The van der Waals surface area contributed by atoms with Gasteiger partial charge >= 0.3 is 11.9 Å². The van der Waals surface area contributed by atoms with Crippen LogP contribution in [0.4, 0.5) is 5.69 Å². The fourth-order valence-corrected chi connectivity index (χ4v) is 4.40. The van der Waals surface area contributed by atoms with Crippen LogP contribution in [0.5, 0.6) is 0 Å². The van der Waals surface area contributed by atoms with E-state index in [2.05, 4.69) is 11.1 Å². The first-order valence-corrected chi connectivity index (χ1v) is 9.30. The number of carboxylic acids is 1. The van der Waals surface area contributed by atoms with E-state index in [-0.39, 0.29) is 18.9 Å². The molecule has 1 atom stereocenters. The van der Waals surface area contributed by atoms with E-state index < -0.39 is 11.9 Å². The van der Waals surface area contributed by atoms with Gasteiger partial charge in [-0.3, -0.25) is 4.79 Å². The van der Waals surface area contributed by atoms with Crippen molar-refractivity contribution >= 4 is 23.7 Å². The van der Waals surface area contributed by atoms with Gasteiger partial charge in [-0.1, -0.05) is 18.6 Å². The number of aliphatic imine (C=N–C) groups is 1. The lowest BCUT2D eigenvalue weighted by Gasteiger charge is -2.17. The molecule has 1 fully saturated rings. The molecule has 0 spiro atoms. The Kier molecular flexibility index (Phi) is 5.57. The van der Waals surface area contributed by atoms with Crippen molar-refractivity contribution < 1.29 is 24.2 Å². The molecular formula is C21H23NO5. The number of isocyanates is 1. The van der Waals surface area contributed by atoms with E-state index >= 15 is 0 Å². The summed E-state index contributed by atoms with van der Waals surface area (Å²) in [4.78, 5) is 38.2. The van der Waals surface area contributed by atoms with Crippen molar-refractivity contribution in [3.05, 3.63) is 39.5 Å². The summed E-state index contributed by atoms with van der Waals surface area (Å²) in [5, 5.41) is 9.11. The molecule has 0 saturated heterocycles. The first kappa shape index (κ1) is 19.1. The van der Waals surface area contributed by atoms with Crippen LogP contribution >= 0.6 is 0 Å². The van der Waals surface area contributed by atoms with Crippen molar-refractivity contribution in [1.29, 1.82) is 0 Å². The van der Waals surface area contributed by atoms with E-state index in [4.69, 9.17) is 9.84 Å². The van der Waals surface area contributed by atoms with E-state index in [1.807, 2.05) is 13.8 Å². The molecule has 0 radical (unpaired) electrons. The van der Waals surface area contributed by atoms with Gasteiger partial charge in [-0.2, -0.15) is 4.99 Å². The number of carbonyl (C=O) groups excluding carboxylic acids is 2. The molecule has 6 nitrogen and oxygen atoms in total. The minimum absolute atomic E-state index is 0.0612. The minimum atomic E-state index is -0.788. The number of esters is 1. The monoisotopic (exact) mass is 369 g/mol. The summed E-state index contributed by atoms with van der Waals surface area (Å²) < 4.78 is 5.17. The maximum absolute atomic E-state index is 12.2. The zero-order valence-corrected chi connectivity index (χ0v) is 15.6. The van der Waals surface area contributed by atoms with Gasteiger partial charge in [-0.05, 0) is 61.6 Å². The van der Waals surface area contributed by atoms with E-state index in [9.17, 15) is 14.4 Å². The molecule has 1 aromatic rings. The molecular weight excluding hydrogens is 346 g/mol. The zero-order chi connectivity index (χ0) is 19.6. The third kappa shape index (κ3) is 3.58. The Morgan fingerprint density at radius 1 is 1.41 bits per heavy atom. The van der Waals surface area contributed by atoms with Gasteiger partial charge in [0.05, 0.1) is 17.7 Å². The molecule has 1 aromatic carbocycles. The van der Waals surface area contributed by atoms with Gasteiger partial charge in [0, 0.05) is 5.56 Å². The molecule has 0 amide bonds. The zero-order valence-electron chi connectivity index (χ0n) is 15.6. The Morgan fingerprint density at radius 2 is 2.19 bits per heavy atom. The summed E-state index contributed by atoms with van der Waals surface area (Å²) in [5.41, 5.74) is 5.57. The van der Waals surface area contributed by atoms with Crippen molar-refractivity contribution in [3.63, 3.8) is 0 Å². The molecule has 1 saturated carbocycles. The van der Waals surface area contributed by atoms with E-state index in [0.29, 0.717) is 17.7 Å². The van der Waals surface area contributed by atoms with Gasteiger partial charge in [0.15, 0.2) is 0 Å². The van der Waals surface area contributed by atoms with Gasteiger partial charge in [0.1, 0.15) is 6.61 Å². The Morgan fingerprint density at radius 3 is 2.85 bits per heavy atom. The summed E-state index contributed by atoms with van der Waals surface area (Å²) in [6.07, 6.45) is 7.78. The molecule has 142 valence electrons. The lowest BCUT2D eigenvalue weighted by atomic mass is 9.87. The molecule has 0 aromatic heterocycles. The molecule has 1 aliphatic heterocycles. The van der Waals surface area contributed by atoms with Crippen LogP contribution < -0.4 is 0 Å². The number of ether oxygens (including phenoxy) is 1. The number of rotatable bonds is 6. The normalized spacial score (nSPS) is 19.7. The van der Waals surface area contributed by atoms with Crippen molar-refractivity contribution in [3.8, 4) is 0 Å². The number of nitrogens with zero attached hydrogens (tertiary/aromatic N) is 1. The summed E-state index contributed by atoms with van der Waals surface area (Å²) in [5.74, 6) is -1.18. The Bertz CT molecular complexity index is 877. The number of allylic oxidation sites excluding steroid dienone is 2. The maximum Gasteiger partial charge on any atom is 0.341 e. The summed E-state index contributed by atoms with van der Waals surface area (Å²) in [7, 11) is 0. The van der Waals surface area contributed by atoms with Crippen LogP contribution in [0.15, 0.2) is 16.6 Å². The standard InChI is InChI=1S/C21H23NO5/c1-3-15-12(2)17-10-27-21(26)19(17)20(22-11-23)16(15)8-7-13-5-4-6-14(13)9-18(24)25/h7,14H,3-6,8-10H2,1-2H3,(H,24,25)/b13-7+. The van der Waals surface area contributed by atoms with Crippen molar-refractivity contribution in [2.75, 3.05) is 0 Å². The number of aliphatic carboxylic acids is 1. The minimum Gasteiger partial charge on any atom is -0.481 e. The van der Waals surface area contributed by atoms with E-state index in [1.165, 1.54) is 0 Å². The average molecular weight is 369 g/mol. The Hall–Kier alpha value is -2.72. The van der Waals surface area contributed by atoms with Gasteiger partial charge < -0.3 is 9.84 Å². The number of benzene rings is 1. The molecule has 1 aliphatic carbocycles. The topological polar surface area (TPSA) is 93.0 Å². The van der Waals surface area contributed by atoms with Crippen LogP contribution in [0.2, 0.25) is 0 Å². The highest BCUT2D eigenvalue weighted by molar-refractivity contribution is 6.00. The quantitative estimate of drug-likeness (QED) is 0.355. The number of cyclic esters (lactones) is 1. The average Bonchev–Trinajstić information content (AvgIpc) is 3.22. The smallest absolute Gasteiger partial charge is 0.341 e. The highest BCUT2D eigenvalue weighted by atomic mass is 16.5. The number of hydrogen-bond donors (Lipinski definition) is 1. The van der Waals surface area contributed by atoms with Crippen LogP contribution in [-0.2, 0) is 33.8 Å². The number of hydrogen-bond acceptors (Lipinski definition) is 5. The van der Waals surface area contributed by atoms with Gasteiger partial charge in [0.25, 0.3) is 0 Å². The second-order valence-electron chi connectivity index (χ2n) is 7.09. The van der Waals surface area contributed by atoms with Gasteiger partial charge in [0.2, 0.25) is 6.08 Å². The molecule has 3 rings (SSSR count). The molecule has 0 bridgehead atoms. The van der Waals surface area contributed by atoms with Crippen molar-refractivity contribution in [1.82, 2.24) is 0 Å². The SMILES string of the molecule is CCc1c(C)c2c(c(N=C=O)c1C/C=C1\CCCC1CC(=O)O)C(=O)OC2. The molecule has 6 heteroatoms. The lowest BCUT2D eigenvalue weighted by molar-refractivity contribution is -0.137. The van der Waals surface area contributed by atoms with Gasteiger partial charge in [-0.15, -0.1) is 0 Å². The highest BCUT2D eigenvalue weighted by Gasteiger charge is 2.31. The first-order valence-electron chi connectivity index (χ1n) is 9.30. The first-order chi connectivity index (χ1) is 13.0. The largest absolute Gasteiger partial charge is 0.481 e. The predicted octanol–water partition coefficient (Wildman–Crippen LogP) is 3.94. The van der Waals surface area contributed by atoms with E-state index in [1.54, 1.807) is 6.08 Å². The van der Waals surface area contributed by atoms with Crippen LogP contribution in [0.3, 0.4) is 0 Å². The van der Waals surface area contributed by atoms with Crippen molar-refractivity contribution in [2.24, 2.45) is 10.9 Å². The van der Waals surface area contributed by atoms with Crippen LogP contribution in [0.1, 0.15) is 65.2 Å². The van der Waals surface area contributed by atoms with Crippen LogP contribution in [0.25, 0.3) is 0 Å². The summed E-state index contributed by atoms with van der Waals surface area (Å²) in [6, 6.07) is 0. The maximum atomic E-state index is 12.2.